The van der Waals surface area contributed by atoms with Gasteiger partial charge in [-0.1, -0.05) is 27.7 Å². The van der Waals surface area contributed by atoms with Crippen LogP contribution in [0.1, 0.15) is 27.7 Å². The highest BCUT2D eigenvalue weighted by Crippen LogP contribution is 1.98. The van der Waals surface area contributed by atoms with Gasteiger partial charge in [-0.2, -0.15) is 0 Å². The van der Waals surface area contributed by atoms with Gasteiger partial charge in [-0.15, -0.1) is 0 Å². The molecule has 0 saturated carbocycles. The summed E-state index contributed by atoms with van der Waals surface area (Å²) in [5, 5.41) is 8.73. The summed E-state index contributed by atoms with van der Waals surface area (Å²) in [7, 11) is 0. The SMILES string of the molecule is CC.CC(C)C(O)C(N)=O.NC=O. The number of amides is 2. The zero-order chi connectivity index (χ0) is 11.4. The highest BCUT2D eigenvalue weighted by molar-refractivity contribution is 5.78. The maximum atomic E-state index is 10.1. The Balaban J connectivity index is -0.000000169. The molecule has 5 N–H and O–H groups in total. The van der Waals surface area contributed by atoms with Crippen LogP contribution >= 0.6 is 0 Å². The Labute approximate surface area is 79.1 Å². The smallest absolute Gasteiger partial charge is 0.246 e. The van der Waals surface area contributed by atoms with Crippen molar-refractivity contribution in [1.29, 1.82) is 0 Å². The second-order valence-corrected chi connectivity index (χ2v) is 2.23. The summed E-state index contributed by atoms with van der Waals surface area (Å²) in [6.07, 6.45) is -0.741. The summed E-state index contributed by atoms with van der Waals surface area (Å²) in [6, 6.07) is 0. The summed E-state index contributed by atoms with van der Waals surface area (Å²) in [6.45, 7) is 7.46. The first-order valence-electron chi connectivity index (χ1n) is 4.10. The first kappa shape index (κ1) is 17.8. The normalized spacial score (nSPS) is 10.0. The molecule has 13 heavy (non-hydrogen) atoms. The Bertz CT molecular complexity index is 127. The van der Waals surface area contributed by atoms with Crippen molar-refractivity contribution in [1.82, 2.24) is 0 Å². The van der Waals surface area contributed by atoms with Gasteiger partial charge in [0.25, 0.3) is 0 Å². The van der Waals surface area contributed by atoms with Crippen LogP contribution in [-0.2, 0) is 9.59 Å². The van der Waals surface area contributed by atoms with Crippen molar-refractivity contribution in [2.45, 2.75) is 33.8 Å². The van der Waals surface area contributed by atoms with Crippen LogP contribution in [0.25, 0.3) is 0 Å². The molecule has 5 heteroatoms. The van der Waals surface area contributed by atoms with Gasteiger partial charge in [-0.3, -0.25) is 9.59 Å². The number of hydrogen-bond donors (Lipinski definition) is 3. The van der Waals surface area contributed by atoms with Crippen molar-refractivity contribution in [2.75, 3.05) is 0 Å². The van der Waals surface area contributed by atoms with Gasteiger partial charge in [0.15, 0.2) is 0 Å². The van der Waals surface area contributed by atoms with Gasteiger partial charge in [0.1, 0.15) is 6.10 Å². The molecule has 1 atom stereocenters. The van der Waals surface area contributed by atoms with Crippen molar-refractivity contribution < 1.29 is 14.7 Å². The van der Waals surface area contributed by atoms with Crippen LogP contribution in [0.4, 0.5) is 0 Å². The number of primary amides is 2. The van der Waals surface area contributed by atoms with Crippen LogP contribution in [0.2, 0.25) is 0 Å². The minimum Gasteiger partial charge on any atom is -0.383 e. The molecular weight excluding hydrogens is 172 g/mol. The monoisotopic (exact) mass is 192 g/mol. The minimum absolute atomic E-state index is 0.0764. The maximum absolute atomic E-state index is 10.1. The van der Waals surface area contributed by atoms with Crippen molar-refractivity contribution in [2.24, 2.45) is 17.4 Å². The molecule has 0 heterocycles. The predicted molar refractivity (Wildman–Crippen MR) is 51.6 cm³/mol. The predicted octanol–water partition coefficient (Wildman–Crippen LogP) is -0.384. The summed E-state index contributed by atoms with van der Waals surface area (Å²) < 4.78 is 0. The highest BCUT2D eigenvalue weighted by Gasteiger charge is 2.13. The van der Waals surface area contributed by atoms with E-state index in [-0.39, 0.29) is 12.3 Å². The highest BCUT2D eigenvalue weighted by atomic mass is 16.3. The van der Waals surface area contributed by atoms with Gasteiger partial charge in [-0.05, 0) is 5.92 Å². The van der Waals surface area contributed by atoms with Crippen LogP contribution in [0.3, 0.4) is 0 Å². The number of carbonyl (C=O) groups excluding carboxylic acids is 2. The van der Waals surface area contributed by atoms with E-state index in [4.69, 9.17) is 15.6 Å². The van der Waals surface area contributed by atoms with E-state index in [1.54, 1.807) is 13.8 Å². The second-order valence-electron chi connectivity index (χ2n) is 2.23. The van der Waals surface area contributed by atoms with E-state index in [9.17, 15) is 4.79 Å². The van der Waals surface area contributed by atoms with Crippen LogP contribution in [0.15, 0.2) is 0 Å². The Hall–Kier alpha value is -1.10. The average Bonchev–Trinajstić information content (AvgIpc) is 2.08. The summed E-state index contributed by atoms with van der Waals surface area (Å²) >= 11 is 0. The first-order chi connectivity index (χ1) is 5.97. The molecular formula is C8H20N2O3. The molecule has 0 rings (SSSR count). The summed E-state index contributed by atoms with van der Waals surface area (Å²) in [5.41, 5.74) is 8.91. The van der Waals surface area contributed by atoms with Gasteiger partial charge in [-0.25, -0.2) is 0 Å². The molecule has 0 radical (unpaired) electrons. The number of hydrogen-bond acceptors (Lipinski definition) is 3. The number of carbonyl (C=O) groups is 2. The van der Waals surface area contributed by atoms with Crippen LogP contribution in [0, 0.1) is 5.92 Å². The Morgan fingerprint density at radius 3 is 1.62 bits per heavy atom. The number of aliphatic hydroxyl groups excluding tert-OH is 1. The molecule has 1 unspecified atom stereocenters. The molecule has 0 aromatic rings. The van der Waals surface area contributed by atoms with E-state index in [2.05, 4.69) is 5.73 Å². The Kier molecular flexibility index (Phi) is 18.5. The van der Waals surface area contributed by atoms with Crippen LogP contribution in [-0.4, -0.2) is 23.5 Å². The Morgan fingerprint density at radius 2 is 1.62 bits per heavy atom. The lowest BCUT2D eigenvalue weighted by Gasteiger charge is -2.07. The number of aliphatic hydroxyl groups is 1. The molecule has 5 nitrogen and oxygen atoms in total. The molecule has 0 saturated heterocycles. The number of rotatable bonds is 2. The van der Waals surface area contributed by atoms with Gasteiger partial charge < -0.3 is 16.6 Å². The lowest BCUT2D eigenvalue weighted by molar-refractivity contribution is -0.127. The van der Waals surface area contributed by atoms with E-state index in [0.29, 0.717) is 0 Å². The molecule has 0 spiro atoms. The molecule has 0 aliphatic heterocycles. The molecule has 0 aromatic heterocycles. The fourth-order valence-corrected chi connectivity index (χ4v) is 0.329. The molecule has 0 aliphatic carbocycles. The molecule has 0 aromatic carbocycles. The quantitative estimate of drug-likeness (QED) is 0.519. The molecule has 2 amide bonds. The fourth-order valence-electron chi connectivity index (χ4n) is 0.329. The van der Waals surface area contributed by atoms with Gasteiger partial charge in [0.2, 0.25) is 12.3 Å². The van der Waals surface area contributed by atoms with E-state index in [0.717, 1.165) is 0 Å². The standard InChI is InChI=1S/C5H11NO2.C2H6.CH3NO/c1-3(2)4(7)5(6)8;1-2;2-1-3/h3-4,7H,1-2H3,(H2,6,8);1-2H3;1H,(H2,2,3). The molecule has 0 aliphatic rings. The van der Waals surface area contributed by atoms with E-state index >= 15 is 0 Å². The van der Waals surface area contributed by atoms with E-state index in [1.165, 1.54) is 0 Å². The third-order valence-electron chi connectivity index (χ3n) is 0.923. The fraction of sp³-hybridized carbons (Fsp3) is 0.750. The summed E-state index contributed by atoms with van der Waals surface area (Å²) in [5.74, 6) is -0.729. The first-order valence-corrected chi connectivity index (χ1v) is 4.10. The largest absolute Gasteiger partial charge is 0.383 e. The maximum Gasteiger partial charge on any atom is 0.246 e. The zero-order valence-corrected chi connectivity index (χ0v) is 8.65. The van der Waals surface area contributed by atoms with Gasteiger partial charge in [0.05, 0.1) is 0 Å². The van der Waals surface area contributed by atoms with Crippen LogP contribution < -0.4 is 11.5 Å². The van der Waals surface area contributed by atoms with Crippen molar-refractivity contribution >= 4 is 12.3 Å². The lowest BCUT2D eigenvalue weighted by atomic mass is 10.1. The molecule has 0 bridgehead atoms. The zero-order valence-electron chi connectivity index (χ0n) is 8.65. The van der Waals surface area contributed by atoms with E-state index < -0.39 is 12.0 Å². The second kappa shape index (κ2) is 13.5. The Morgan fingerprint density at radius 1 is 1.38 bits per heavy atom. The van der Waals surface area contributed by atoms with Crippen molar-refractivity contribution in [3.05, 3.63) is 0 Å². The third kappa shape index (κ3) is 18.1. The van der Waals surface area contributed by atoms with E-state index in [1.807, 2.05) is 13.8 Å². The lowest BCUT2D eigenvalue weighted by Crippen LogP contribution is -2.32. The topological polar surface area (TPSA) is 106 Å². The minimum atomic E-state index is -0.991. The average molecular weight is 192 g/mol. The van der Waals surface area contributed by atoms with Crippen LogP contribution in [0.5, 0.6) is 0 Å². The third-order valence-corrected chi connectivity index (χ3v) is 0.923. The summed E-state index contributed by atoms with van der Waals surface area (Å²) in [4.78, 5) is 18.7. The molecule has 0 fully saturated rings. The van der Waals surface area contributed by atoms with Gasteiger partial charge in [0, 0.05) is 0 Å². The van der Waals surface area contributed by atoms with Crippen molar-refractivity contribution in [3.8, 4) is 0 Å². The van der Waals surface area contributed by atoms with Crippen molar-refractivity contribution in [3.63, 3.8) is 0 Å². The van der Waals surface area contributed by atoms with Gasteiger partial charge >= 0.3 is 0 Å². The molecule has 80 valence electrons. The number of nitrogens with two attached hydrogens (primary N) is 2.